The maximum atomic E-state index is 13.0. The van der Waals surface area contributed by atoms with Gasteiger partial charge < -0.3 is 4.90 Å². The number of hydrogen-bond acceptors (Lipinski definition) is 1. The summed E-state index contributed by atoms with van der Waals surface area (Å²) in [5.74, 6) is -0.234. The van der Waals surface area contributed by atoms with Gasteiger partial charge in [0.25, 0.3) is 0 Å². The van der Waals surface area contributed by atoms with Crippen LogP contribution in [0.5, 0.6) is 0 Å². The Kier molecular flexibility index (Phi) is 4.05. The molecule has 112 valence electrons. The van der Waals surface area contributed by atoms with Crippen LogP contribution in [0.3, 0.4) is 0 Å². The van der Waals surface area contributed by atoms with Crippen LogP contribution in [0.25, 0.3) is 0 Å². The molecule has 0 unspecified atom stereocenters. The molecule has 0 fully saturated rings. The van der Waals surface area contributed by atoms with E-state index in [4.69, 9.17) is 0 Å². The molecule has 1 aliphatic rings. The molecule has 2 aromatic carbocycles. The first-order valence-corrected chi connectivity index (χ1v) is 7.42. The third-order valence-electron chi connectivity index (χ3n) is 4.09. The monoisotopic (exact) mass is 295 g/mol. The van der Waals surface area contributed by atoms with E-state index < -0.39 is 0 Å². The van der Waals surface area contributed by atoms with Gasteiger partial charge in [0.05, 0.1) is 0 Å². The van der Waals surface area contributed by atoms with E-state index >= 15 is 0 Å². The van der Waals surface area contributed by atoms with Gasteiger partial charge in [0, 0.05) is 13.1 Å². The van der Waals surface area contributed by atoms with Crippen LogP contribution in [-0.4, -0.2) is 17.4 Å². The van der Waals surface area contributed by atoms with Crippen molar-refractivity contribution in [3.05, 3.63) is 83.2 Å². The average molecular weight is 295 g/mol. The number of nitrogens with zero attached hydrogens (tertiary/aromatic N) is 1. The summed E-state index contributed by atoms with van der Waals surface area (Å²) in [6, 6.07) is 13.0. The van der Waals surface area contributed by atoms with Crippen LogP contribution in [0.2, 0.25) is 0 Å². The summed E-state index contributed by atoms with van der Waals surface area (Å²) in [4.78, 5) is 13.6. The van der Waals surface area contributed by atoms with E-state index in [0.29, 0.717) is 6.54 Å². The smallest absolute Gasteiger partial charge is 0.246 e. The fourth-order valence-electron chi connectivity index (χ4n) is 2.88. The predicted molar refractivity (Wildman–Crippen MR) is 85.0 cm³/mol. The van der Waals surface area contributed by atoms with Crippen LogP contribution in [0.1, 0.15) is 22.3 Å². The molecule has 0 saturated carbocycles. The Balaban J connectivity index is 1.79. The van der Waals surface area contributed by atoms with Gasteiger partial charge in [-0.1, -0.05) is 36.9 Å². The number of benzene rings is 2. The highest BCUT2D eigenvalue weighted by molar-refractivity contribution is 5.87. The van der Waals surface area contributed by atoms with Gasteiger partial charge in [0.2, 0.25) is 5.91 Å². The Bertz CT molecular complexity index is 706. The highest BCUT2D eigenvalue weighted by Crippen LogP contribution is 2.22. The first-order chi connectivity index (χ1) is 10.7. The minimum atomic E-state index is -0.215. The van der Waals surface area contributed by atoms with E-state index in [-0.39, 0.29) is 11.7 Å². The molecule has 1 aliphatic heterocycles. The maximum absolute atomic E-state index is 13.0. The van der Waals surface area contributed by atoms with Crippen molar-refractivity contribution < 1.29 is 9.18 Å². The van der Waals surface area contributed by atoms with Crippen molar-refractivity contribution in [2.75, 3.05) is 6.54 Å². The topological polar surface area (TPSA) is 20.3 Å². The fourth-order valence-corrected chi connectivity index (χ4v) is 2.88. The summed E-state index contributed by atoms with van der Waals surface area (Å²) in [5.41, 5.74) is 4.76. The summed E-state index contributed by atoms with van der Waals surface area (Å²) in [5, 5.41) is 0. The largest absolute Gasteiger partial charge is 0.335 e. The highest BCUT2D eigenvalue weighted by atomic mass is 19.1. The molecule has 3 rings (SSSR count). The Morgan fingerprint density at radius 2 is 1.86 bits per heavy atom. The van der Waals surface area contributed by atoms with Crippen molar-refractivity contribution >= 4 is 5.91 Å². The van der Waals surface area contributed by atoms with E-state index in [9.17, 15) is 9.18 Å². The zero-order valence-electron chi connectivity index (χ0n) is 12.4. The first-order valence-electron chi connectivity index (χ1n) is 7.42. The van der Waals surface area contributed by atoms with Gasteiger partial charge in [-0.05, 0) is 53.3 Å². The van der Waals surface area contributed by atoms with Crippen LogP contribution in [0.15, 0.2) is 55.1 Å². The molecule has 2 nitrogen and oxygen atoms in total. The van der Waals surface area contributed by atoms with Crippen molar-refractivity contribution in [2.24, 2.45) is 0 Å². The lowest BCUT2D eigenvalue weighted by Gasteiger charge is -2.28. The lowest BCUT2D eigenvalue weighted by Crippen LogP contribution is -2.34. The summed E-state index contributed by atoms with van der Waals surface area (Å²) in [7, 11) is 0. The third-order valence-corrected chi connectivity index (χ3v) is 4.09. The van der Waals surface area contributed by atoms with Crippen LogP contribution < -0.4 is 0 Å². The predicted octanol–water partition coefficient (Wildman–Crippen LogP) is 3.49. The molecule has 0 bridgehead atoms. The molecule has 0 aliphatic carbocycles. The van der Waals surface area contributed by atoms with Crippen LogP contribution >= 0.6 is 0 Å². The minimum Gasteiger partial charge on any atom is -0.335 e. The summed E-state index contributed by atoms with van der Waals surface area (Å²) >= 11 is 0. The molecule has 1 amide bonds. The van der Waals surface area contributed by atoms with Gasteiger partial charge in [-0.25, -0.2) is 4.39 Å². The van der Waals surface area contributed by atoms with Gasteiger partial charge in [-0.2, -0.15) is 0 Å². The van der Waals surface area contributed by atoms with Crippen molar-refractivity contribution in [3.63, 3.8) is 0 Å². The number of rotatable bonds is 3. The molecule has 0 saturated heterocycles. The number of halogens is 1. The average Bonchev–Trinajstić information content (AvgIpc) is 2.55. The van der Waals surface area contributed by atoms with Gasteiger partial charge in [-0.15, -0.1) is 0 Å². The molecule has 3 heteroatoms. The molecule has 1 heterocycles. The molecule has 22 heavy (non-hydrogen) atoms. The first kappa shape index (κ1) is 14.5. The number of carbonyl (C=O) groups excluding carboxylic acids is 1. The van der Waals surface area contributed by atoms with Crippen LogP contribution in [-0.2, 0) is 24.2 Å². The fraction of sp³-hybridized carbons (Fsp3) is 0.211. The Morgan fingerprint density at radius 3 is 2.59 bits per heavy atom. The minimum absolute atomic E-state index is 0.0189. The van der Waals surface area contributed by atoms with E-state index in [1.54, 1.807) is 0 Å². The van der Waals surface area contributed by atoms with Crippen molar-refractivity contribution in [1.29, 1.82) is 0 Å². The zero-order chi connectivity index (χ0) is 15.5. The lowest BCUT2D eigenvalue weighted by atomic mass is 9.95. The molecule has 0 aromatic heterocycles. The highest BCUT2D eigenvalue weighted by Gasteiger charge is 2.19. The van der Waals surface area contributed by atoms with Gasteiger partial charge in [0.15, 0.2) is 0 Å². The molecule has 0 radical (unpaired) electrons. The number of amides is 1. The Labute approximate surface area is 129 Å². The second-order valence-electron chi connectivity index (χ2n) is 5.62. The number of fused-ring (bicyclic) bond motifs is 1. The van der Waals surface area contributed by atoms with E-state index in [2.05, 4.69) is 24.8 Å². The van der Waals surface area contributed by atoms with Gasteiger partial charge in [0.1, 0.15) is 5.82 Å². The van der Waals surface area contributed by atoms with E-state index in [0.717, 1.165) is 24.9 Å². The molecular weight excluding hydrogens is 277 g/mol. The van der Waals surface area contributed by atoms with Crippen LogP contribution in [0, 0.1) is 5.82 Å². The Hall–Kier alpha value is -2.42. The molecule has 0 spiro atoms. The van der Waals surface area contributed by atoms with Crippen LogP contribution in [0.4, 0.5) is 4.39 Å². The number of carbonyl (C=O) groups is 1. The SMILES string of the molecule is C=CC(=O)N1CCc2ccc(Cc3ccc(F)cc3)cc2C1. The van der Waals surface area contributed by atoms with Crippen molar-refractivity contribution in [3.8, 4) is 0 Å². The van der Waals surface area contributed by atoms with Crippen molar-refractivity contribution in [1.82, 2.24) is 4.90 Å². The molecular formula is C19H18FNO. The normalized spacial score (nSPS) is 13.6. The van der Waals surface area contributed by atoms with Gasteiger partial charge >= 0.3 is 0 Å². The summed E-state index contributed by atoms with van der Waals surface area (Å²) in [6.07, 6.45) is 3.02. The summed E-state index contributed by atoms with van der Waals surface area (Å²) in [6.45, 7) is 4.93. The standard InChI is InChI=1S/C19H18FNO/c1-2-19(22)21-10-9-16-6-3-15(12-17(16)13-21)11-14-4-7-18(20)8-5-14/h2-8,12H,1,9-11,13H2. The third kappa shape index (κ3) is 3.08. The number of hydrogen-bond donors (Lipinski definition) is 0. The molecule has 0 atom stereocenters. The van der Waals surface area contributed by atoms with Crippen molar-refractivity contribution in [2.45, 2.75) is 19.4 Å². The van der Waals surface area contributed by atoms with E-state index in [1.807, 2.05) is 17.0 Å². The lowest BCUT2D eigenvalue weighted by molar-refractivity contribution is -0.126. The maximum Gasteiger partial charge on any atom is 0.246 e. The zero-order valence-corrected chi connectivity index (χ0v) is 12.4. The second-order valence-corrected chi connectivity index (χ2v) is 5.62. The Morgan fingerprint density at radius 1 is 1.14 bits per heavy atom. The molecule has 0 N–H and O–H groups in total. The second kappa shape index (κ2) is 6.14. The molecule has 2 aromatic rings. The van der Waals surface area contributed by atoms with Gasteiger partial charge in [-0.3, -0.25) is 4.79 Å². The quantitative estimate of drug-likeness (QED) is 0.794. The van der Waals surface area contributed by atoms with E-state index in [1.165, 1.54) is 34.9 Å². The summed E-state index contributed by atoms with van der Waals surface area (Å²) < 4.78 is 13.0.